The van der Waals surface area contributed by atoms with Crippen molar-refractivity contribution in [2.45, 2.75) is 52.1 Å². The molecule has 1 N–H and O–H groups in total. The first kappa shape index (κ1) is 16.5. The Bertz CT molecular complexity index is 245. The maximum Gasteiger partial charge on any atom is 0.426 e. The summed E-state index contributed by atoms with van der Waals surface area (Å²) in [7, 11) is 0. The molecule has 7 heteroatoms. The average molecular weight is 266 g/mol. The molecule has 0 aliphatic rings. The van der Waals surface area contributed by atoms with Crippen molar-refractivity contribution in [2.75, 3.05) is 0 Å². The number of hydrogen-bond donors (Lipinski definition) is 1. The average Bonchev–Trinajstić information content (AvgIpc) is 1.97. The van der Waals surface area contributed by atoms with Crippen LogP contribution in [0.15, 0.2) is 0 Å². The van der Waals surface area contributed by atoms with Crippen molar-refractivity contribution in [3.05, 3.63) is 0 Å². The first-order valence-corrected chi connectivity index (χ1v) is 4.99. The van der Waals surface area contributed by atoms with E-state index in [4.69, 9.17) is 5.11 Å². The molecular formula is C10H16F6O. The van der Waals surface area contributed by atoms with Gasteiger partial charge in [-0.15, -0.1) is 0 Å². The highest BCUT2D eigenvalue weighted by molar-refractivity contribution is 4.96. The second kappa shape index (κ2) is 4.33. The molecule has 0 aliphatic heterocycles. The molecule has 0 heterocycles. The molecule has 1 unspecified atom stereocenters. The number of aliphatic hydroxyl groups is 1. The summed E-state index contributed by atoms with van der Waals surface area (Å²) in [6.45, 7) is 5.81. The number of halogens is 6. The van der Waals surface area contributed by atoms with Crippen LogP contribution < -0.4 is 0 Å². The van der Waals surface area contributed by atoms with Gasteiger partial charge in [0.15, 0.2) is 0 Å². The monoisotopic (exact) mass is 266 g/mol. The first-order valence-electron chi connectivity index (χ1n) is 4.99. The Balaban J connectivity index is 5.27. The maximum absolute atomic E-state index is 12.4. The molecule has 1 atom stereocenters. The molecular weight excluding hydrogens is 250 g/mol. The van der Waals surface area contributed by atoms with Gasteiger partial charge in [-0.2, -0.15) is 26.3 Å². The largest absolute Gasteiger partial charge is 0.426 e. The Morgan fingerprint density at radius 1 is 0.882 bits per heavy atom. The van der Waals surface area contributed by atoms with E-state index in [1.54, 1.807) is 0 Å². The molecule has 0 rings (SSSR count). The quantitative estimate of drug-likeness (QED) is 0.751. The maximum atomic E-state index is 12.4. The van der Waals surface area contributed by atoms with Crippen molar-refractivity contribution in [1.29, 1.82) is 0 Å². The smallest absolute Gasteiger partial charge is 0.374 e. The van der Waals surface area contributed by atoms with Gasteiger partial charge in [-0.25, -0.2) is 0 Å². The Morgan fingerprint density at radius 2 is 1.18 bits per heavy atom. The van der Waals surface area contributed by atoms with Crippen molar-refractivity contribution in [3.63, 3.8) is 0 Å². The summed E-state index contributed by atoms with van der Waals surface area (Å²) in [5.74, 6) is -0.948. The van der Waals surface area contributed by atoms with Gasteiger partial charge in [-0.3, -0.25) is 0 Å². The SMILES string of the molecule is CC(CC(O)(C(F)(F)F)C(F)(F)F)C(C)(C)C. The van der Waals surface area contributed by atoms with Crippen LogP contribution in [0, 0.1) is 11.3 Å². The fraction of sp³-hybridized carbons (Fsp3) is 1.00. The predicted molar refractivity (Wildman–Crippen MR) is 50.3 cm³/mol. The lowest BCUT2D eigenvalue weighted by Gasteiger charge is -2.38. The van der Waals surface area contributed by atoms with Crippen LogP contribution in [0.2, 0.25) is 0 Å². The second-order valence-electron chi connectivity index (χ2n) is 5.33. The van der Waals surface area contributed by atoms with Gasteiger partial charge in [-0.1, -0.05) is 27.7 Å². The highest BCUT2D eigenvalue weighted by Crippen LogP contribution is 2.48. The Hall–Kier alpha value is -0.460. The van der Waals surface area contributed by atoms with Crippen LogP contribution in [0.25, 0.3) is 0 Å². The fourth-order valence-electron chi connectivity index (χ4n) is 1.14. The van der Waals surface area contributed by atoms with E-state index in [1.165, 1.54) is 27.7 Å². The molecule has 0 fully saturated rings. The highest BCUT2D eigenvalue weighted by atomic mass is 19.4. The lowest BCUT2D eigenvalue weighted by atomic mass is 9.75. The molecule has 0 aromatic rings. The summed E-state index contributed by atoms with van der Waals surface area (Å²) in [5.41, 5.74) is -5.41. The van der Waals surface area contributed by atoms with Crippen LogP contribution in [-0.4, -0.2) is 23.1 Å². The normalized spacial score (nSPS) is 17.1. The summed E-state index contributed by atoms with van der Waals surface area (Å²) in [4.78, 5) is 0. The summed E-state index contributed by atoms with van der Waals surface area (Å²) in [6, 6.07) is 0. The molecule has 0 saturated carbocycles. The van der Waals surface area contributed by atoms with Gasteiger partial charge >= 0.3 is 12.4 Å². The Labute approximate surface area is 95.8 Å². The van der Waals surface area contributed by atoms with Crippen LogP contribution >= 0.6 is 0 Å². The molecule has 0 amide bonds. The first-order chi connectivity index (χ1) is 7.13. The lowest BCUT2D eigenvalue weighted by Crippen LogP contribution is -2.58. The van der Waals surface area contributed by atoms with Gasteiger partial charge in [0.05, 0.1) is 0 Å². The van der Waals surface area contributed by atoms with Crippen LogP contribution in [0.3, 0.4) is 0 Å². The van der Waals surface area contributed by atoms with E-state index < -0.39 is 35.7 Å². The summed E-state index contributed by atoms with van der Waals surface area (Å²) in [6.07, 6.45) is -12.9. The van der Waals surface area contributed by atoms with Gasteiger partial charge < -0.3 is 5.11 Å². The third kappa shape index (κ3) is 3.50. The van der Waals surface area contributed by atoms with E-state index in [1.807, 2.05) is 0 Å². The zero-order chi connectivity index (χ0) is 14.3. The van der Waals surface area contributed by atoms with Gasteiger partial charge in [-0.05, 0) is 17.8 Å². The summed E-state index contributed by atoms with van der Waals surface area (Å²) >= 11 is 0. The van der Waals surface area contributed by atoms with Gasteiger partial charge in [0, 0.05) is 0 Å². The molecule has 0 aromatic carbocycles. The highest BCUT2D eigenvalue weighted by Gasteiger charge is 2.70. The predicted octanol–water partition coefficient (Wildman–Crippen LogP) is 3.91. The molecule has 0 aliphatic carbocycles. The van der Waals surface area contributed by atoms with Crippen LogP contribution in [0.4, 0.5) is 26.3 Å². The zero-order valence-corrected chi connectivity index (χ0v) is 10.00. The minimum atomic E-state index is -5.73. The lowest BCUT2D eigenvalue weighted by molar-refractivity contribution is -0.373. The van der Waals surface area contributed by atoms with Crippen molar-refractivity contribution in [3.8, 4) is 0 Å². The van der Waals surface area contributed by atoms with E-state index in [-0.39, 0.29) is 0 Å². The molecule has 104 valence electrons. The Kier molecular flexibility index (Phi) is 4.21. The molecule has 0 aromatic heterocycles. The van der Waals surface area contributed by atoms with Crippen molar-refractivity contribution >= 4 is 0 Å². The van der Waals surface area contributed by atoms with E-state index in [0.29, 0.717) is 0 Å². The fourth-order valence-corrected chi connectivity index (χ4v) is 1.14. The summed E-state index contributed by atoms with van der Waals surface area (Å²) in [5, 5.41) is 8.97. The molecule has 0 saturated heterocycles. The molecule has 0 bridgehead atoms. The molecule has 1 nitrogen and oxygen atoms in total. The van der Waals surface area contributed by atoms with E-state index in [2.05, 4.69) is 0 Å². The third-order valence-electron chi connectivity index (χ3n) is 3.02. The van der Waals surface area contributed by atoms with Crippen molar-refractivity contribution < 1.29 is 31.4 Å². The third-order valence-corrected chi connectivity index (χ3v) is 3.02. The van der Waals surface area contributed by atoms with Crippen LogP contribution in [0.1, 0.15) is 34.1 Å². The number of alkyl halides is 6. The standard InChI is InChI=1S/C10H16F6O/c1-6(7(2,3)4)5-8(17,9(11,12)13)10(14,15)16/h6,17H,5H2,1-4H3. The molecule has 0 radical (unpaired) electrons. The number of hydrogen-bond acceptors (Lipinski definition) is 1. The minimum Gasteiger partial charge on any atom is -0.374 e. The molecule has 0 spiro atoms. The van der Waals surface area contributed by atoms with Crippen molar-refractivity contribution in [2.24, 2.45) is 11.3 Å². The van der Waals surface area contributed by atoms with E-state index in [9.17, 15) is 26.3 Å². The number of rotatable bonds is 2. The molecule has 17 heavy (non-hydrogen) atoms. The van der Waals surface area contributed by atoms with Gasteiger partial charge in [0.25, 0.3) is 5.60 Å². The van der Waals surface area contributed by atoms with E-state index in [0.717, 1.165) is 0 Å². The zero-order valence-electron chi connectivity index (χ0n) is 10.00. The Morgan fingerprint density at radius 3 is 1.35 bits per heavy atom. The minimum absolute atomic E-state index is 0.759. The van der Waals surface area contributed by atoms with E-state index >= 15 is 0 Å². The van der Waals surface area contributed by atoms with Gasteiger partial charge in [0.1, 0.15) is 0 Å². The van der Waals surface area contributed by atoms with Crippen molar-refractivity contribution in [1.82, 2.24) is 0 Å². The van der Waals surface area contributed by atoms with Crippen LogP contribution in [0.5, 0.6) is 0 Å². The summed E-state index contributed by atoms with van der Waals surface area (Å²) < 4.78 is 74.3. The topological polar surface area (TPSA) is 20.2 Å². The second-order valence-corrected chi connectivity index (χ2v) is 5.33. The van der Waals surface area contributed by atoms with Gasteiger partial charge in [0.2, 0.25) is 0 Å². The van der Waals surface area contributed by atoms with Crippen LogP contribution in [-0.2, 0) is 0 Å².